The molecule has 0 saturated heterocycles. The number of nitrogens with one attached hydrogen (secondary N) is 2. The van der Waals surface area contributed by atoms with Gasteiger partial charge in [-0.3, -0.25) is 14.9 Å². The minimum atomic E-state index is -0.447. The summed E-state index contributed by atoms with van der Waals surface area (Å²) in [7, 11) is 0. The van der Waals surface area contributed by atoms with Crippen LogP contribution in [0.15, 0.2) is 18.2 Å². The normalized spacial score (nSPS) is 30.8. The Balaban J connectivity index is 1.14. The topological polar surface area (TPSA) is 105 Å². The highest BCUT2D eigenvalue weighted by Gasteiger charge is 2.51. The van der Waals surface area contributed by atoms with Crippen LogP contribution in [0.3, 0.4) is 0 Å². The van der Waals surface area contributed by atoms with Crippen molar-refractivity contribution in [1.29, 1.82) is 0 Å². The number of rotatable bonds is 5. The van der Waals surface area contributed by atoms with Crippen molar-refractivity contribution in [2.75, 3.05) is 18.0 Å². The molecule has 0 spiro atoms. The Bertz CT molecular complexity index is 864. The van der Waals surface area contributed by atoms with Crippen LogP contribution in [0.4, 0.5) is 16.2 Å². The summed E-state index contributed by atoms with van der Waals surface area (Å²) in [4.78, 5) is 37.4. The summed E-state index contributed by atoms with van der Waals surface area (Å²) in [5.41, 5.74) is 1.51. The highest BCUT2D eigenvalue weighted by atomic mass is 16.6. The fourth-order valence-electron chi connectivity index (χ4n) is 6.71. The summed E-state index contributed by atoms with van der Waals surface area (Å²) in [6, 6.07) is 4.48. The van der Waals surface area contributed by atoms with Crippen LogP contribution in [0.2, 0.25) is 0 Å². The molecule has 5 aliphatic rings. The summed E-state index contributed by atoms with van der Waals surface area (Å²) in [5, 5.41) is 17.1. The van der Waals surface area contributed by atoms with E-state index in [2.05, 4.69) is 10.6 Å². The number of nitro benzene ring substituents is 1. The summed E-state index contributed by atoms with van der Waals surface area (Å²) in [6.45, 7) is 0.784. The second-order valence-corrected chi connectivity index (χ2v) is 9.69. The molecule has 8 heteroatoms. The van der Waals surface area contributed by atoms with Gasteiger partial charge in [-0.2, -0.15) is 0 Å². The quantitative estimate of drug-likeness (QED) is 0.572. The number of non-ortho nitro benzene ring substituents is 1. The molecule has 0 unspecified atom stereocenters. The minimum absolute atomic E-state index is 0.0125. The SMILES string of the molecule is O=C(NCCC(=O)N1CCc2ccc([N+](=O)[O-])cc21)NC12CC3CC(CC(C3)C1)C2. The van der Waals surface area contributed by atoms with Gasteiger partial charge in [-0.25, -0.2) is 4.79 Å². The van der Waals surface area contributed by atoms with Crippen LogP contribution in [0.1, 0.15) is 50.5 Å². The van der Waals surface area contributed by atoms with Gasteiger partial charge in [0.05, 0.1) is 10.6 Å². The van der Waals surface area contributed by atoms with E-state index in [9.17, 15) is 19.7 Å². The Labute approximate surface area is 175 Å². The van der Waals surface area contributed by atoms with E-state index in [0.717, 1.165) is 42.6 Å². The zero-order valence-corrected chi connectivity index (χ0v) is 17.1. The van der Waals surface area contributed by atoms with Gasteiger partial charge in [-0.1, -0.05) is 6.07 Å². The molecule has 1 aromatic carbocycles. The number of benzene rings is 1. The minimum Gasteiger partial charge on any atom is -0.338 e. The van der Waals surface area contributed by atoms with Gasteiger partial charge in [0.25, 0.3) is 5.69 Å². The van der Waals surface area contributed by atoms with Crippen molar-refractivity contribution in [3.8, 4) is 0 Å². The monoisotopic (exact) mass is 412 g/mol. The molecule has 1 aliphatic heterocycles. The van der Waals surface area contributed by atoms with Gasteiger partial charge in [0.1, 0.15) is 0 Å². The van der Waals surface area contributed by atoms with Gasteiger partial charge in [-0.15, -0.1) is 0 Å². The molecule has 4 fully saturated rings. The maximum absolute atomic E-state index is 12.7. The molecule has 1 heterocycles. The van der Waals surface area contributed by atoms with Gasteiger partial charge < -0.3 is 15.5 Å². The first-order valence-electron chi connectivity index (χ1n) is 11.0. The van der Waals surface area contributed by atoms with Gasteiger partial charge in [0.2, 0.25) is 5.91 Å². The molecule has 6 rings (SSSR count). The van der Waals surface area contributed by atoms with Crippen LogP contribution in [0.25, 0.3) is 0 Å². The first kappa shape index (κ1) is 19.3. The van der Waals surface area contributed by atoms with Gasteiger partial charge in [0.15, 0.2) is 0 Å². The highest BCUT2D eigenvalue weighted by molar-refractivity contribution is 5.96. The standard InChI is InChI=1S/C22H28N4O4/c27-20(25-6-4-17-1-2-18(26(29)30)10-19(17)25)3-5-23-21(28)24-22-11-14-7-15(12-22)9-16(8-14)13-22/h1-2,10,14-16H,3-9,11-13H2,(H2,23,24,28). The van der Waals surface area contributed by atoms with E-state index < -0.39 is 4.92 Å². The van der Waals surface area contributed by atoms with E-state index in [1.807, 2.05) is 0 Å². The van der Waals surface area contributed by atoms with E-state index in [1.165, 1.54) is 31.4 Å². The average molecular weight is 412 g/mol. The molecular weight excluding hydrogens is 384 g/mol. The number of nitro groups is 1. The Hall–Kier alpha value is -2.64. The molecular formula is C22H28N4O4. The second-order valence-electron chi connectivity index (χ2n) is 9.69. The Morgan fingerprint density at radius 1 is 1.13 bits per heavy atom. The summed E-state index contributed by atoms with van der Waals surface area (Å²) in [6.07, 6.45) is 8.12. The molecule has 0 atom stereocenters. The molecule has 2 N–H and O–H groups in total. The van der Waals surface area contributed by atoms with Crippen molar-refractivity contribution in [2.45, 2.75) is 56.9 Å². The van der Waals surface area contributed by atoms with E-state index in [-0.39, 0.29) is 36.1 Å². The molecule has 30 heavy (non-hydrogen) atoms. The fraction of sp³-hybridized carbons (Fsp3) is 0.636. The Kier molecular flexibility index (Phi) is 4.67. The maximum atomic E-state index is 12.7. The van der Waals surface area contributed by atoms with Crippen molar-refractivity contribution in [2.24, 2.45) is 17.8 Å². The van der Waals surface area contributed by atoms with E-state index in [1.54, 1.807) is 11.0 Å². The molecule has 4 saturated carbocycles. The molecule has 0 radical (unpaired) electrons. The van der Waals surface area contributed by atoms with Crippen LogP contribution in [-0.4, -0.2) is 35.5 Å². The smallest absolute Gasteiger partial charge is 0.315 e. The van der Waals surface area contributed by atoms with E-state index >= 15 is 0 Å². The number of anilines is 1. The van der Waals surface area contributed by atoms with Crippen LogP contribution in [-0.2, 0) is 11.2 Å². The molecule has 4 bridgehead atoms. The van der Waals surface area contributed by atoms with Crippen molar-refractivity contribution >= 4 is 23.3 Å². The number of carbonyl (C=O) groups is 2. The van der Waals surface area contributed by atoms with Gasteiger partial charge in [-0.05, 0) is 68.3 Å². The van der Waals surface area contributed by atoms with Gasteiger partial charge in [0, 0.05) is 37.2 Å². The van der Waals surface area contributed by atoms with Gasteiger partial charge >= 0.3 is 6.03 Å². The third-order valence-electron chi connectivity index (χ3n) is 7.52. The summed E-state index contributed by atoms with van der Waals surface area (Å²) < 4.78 is 0. The molecule has 8 nitrogen and oxygen atoms in total. The first-order chi connectivity index (χ1) is 14.4. The van der Waals surface area contributed by atoms with Crippen molar-refractivity contribution in [3.05, 3.63) is 33.9 Å². The molecule has 4 aliphatic carbocycles. The van der Waals surface area contributed by atoms with Crippen LogP contribution in [0, 0.1) is 27.9 Å². The molecule has 0 aromatic heterocycles. The number of nitrogens with zero attached hydrogens (tertiary/aromatic N) is 2. The predicted molar refractivity (Wildman–Crippen MR) is 111 cm³/mol. The zero-order chi connectivity index (χ0) is 20.9. The number of carbonyl (C=O) groups excluding carboxylic acids is 2. The van der Waals surface area contributed by atoms with Crippen LogP contribution in [0.5, 0.6) is 0 Å². The number of urea groups is 1. The Morgan fingerprint density at radius 2 is 1.80 bits per heavy atom. The van der Waals surface area contributed by atoms with Crippen molar-refractivity contribution in [1.82, 2.24) is 10.6 Å². The summed E-state index contributed by atoms with van der Waals surface area (Å²) >= 11 is 0. The summed E-state index contributed by atoms with van der Waals surface area (Å²) in [5.74, 6) is 2.16. The fourth-order valence-corrected chi connectivity index (χ4v) is 6.71. The van der Waals surface area contributed by atoms with Crippen molar-refractivity contribution in [3.63, 3.8) is 0 Å². The third kappa shape index (κ3) is 3.52. The van der Waals surface area contributed by atoms with Crippen LogP contribution < -0.4 is 15.5 Å². The second kappa shape index (κ2) is 7.25. The van der Waals surface area contributed by atoms with E-state index in [4.69, 9.17) is 0 Å². The third-order valence-corrected chi connectivity index (χ3v) is 7.52. The highest BCUT2D eigenvalue weighted by Crippen LogP contribution is 2.55. The number of amides is 3. The van der Waals surface area contributed by atoms with Crippen LogP contribution >= 0.6 is 0 Å². The molecule has 1 aromatic rings. The largest absolute Gasteiger partial charge is 0.338 e. The lowest BCUT2D eigenvalue weighted by molar-refractivity contribution is -0.384. The Morgan fingerprint density at radius 3 is 2.43 bits per heavy atom. The lowest BCUT2D eigenvalue weighted by atomic mass is 9.53. The van der Waals surface area contributed by atoms with E-state index in [0.29, 0.717) is 18.7 Å². The molecule has 160 valence electrons. The lowest BCUT2D eigenvalue weighted by Gasteiger charge is -2.56. The molecule has 3 amide bonds. The lowest BCUT2D eigenvalue weighted by Crippen LogP contribution is -2.61. The predicted octanol–water partition coefficient (Wildman–Crippen LogP) is 3.14. The average Bonchev–Trinajstić information content (AvgIpc) is 3.09. The zero-order valence-electron chi connectivity index (χ0n) is 17.1. The van der Waals surface area contributed by atoms with Crippen molar-refractivity contribution < 1.29 is 14.5 Å². The number of hydrogen-bond donors (Lipinski definition) is 2. The first-order valence-corrected chi connectivity index (χ1v) is 11.0. The maximum Gasteiger partial charge on any atom is 0.315 e. The number of fused-ring (bicyclic) bond motifs is 1. The number of hydrogen-bond acceptors (Lipinski definition) is 4.